The van der Waals surface area contributed by atoms with Crippen molar-refractivity contribution in [1.82, 2.24) is 9.78 Å². The van der Waals surface area contributed by atoms with Gasteiger partial charge in [0, 0.05) is 31.3 Å². The Morgan fingerprint density at radius 1 is 1.27 bits per heavy atom. The van der Waals surface area contributed by atoms with Crippen LogP contribution in [-0.4, -0.2) is 33.1 Å². The van der Waals surface area contributed by atoms with Crippen LogP contribution in [0.4, 0.5) is 0 Å². The molecule has 1 aliphatic rings. The van der Waals surface area contributed by atoms with Crippen LogP contribution in [-0.2, 0) is 11.8 Å². The number of ether oxygens (including phenoxy) is 1. The Balaban J connectivity index is 1.79. The number of benzene rings is 1. The van der Waals surface area contributed by atoms with E-state index in [0.29, 0.717) is 12.0 Å². The molecule has 5 heteroatoms. The van der Waals surface area contributed by atoms with Crippen molar-refractivity contribution in [3.8, 4) is 0 Å². The zero-order valence-corrected chi connectivity index (χ0v) is 12.6. The molecule has 1 saturated carbocycles. The number of carbonyl (C=O) groups is 1. The van der Waals surface area contributed by atoms with E-state index in [-0.39, 0.29) is 18.0 Å². The van der Waals surface area contributed by atoms with E-state index < -0.39 is 6.10 Å². The maximum absolute atomic E-state index is 12.3. The Labute approximate surface area is 129 Å². The Kier molecular flexibility index (Phi) is 4.24. The zero-order chi connectivity index (χ0) is 15.5. The first-order chi connectivity index (χ1) is 10.6. The fourth-order valence-corrected chi connectivity index (χ4v) is 3.10. The van der Waals surface area contributed by atoms with Crippen molar-refractivity contribution in [2.24, 2.45) is 7.05 Å². The van der Waals surface area contributed by atoms with Gasteiger partial charge in [-0.3, -0.25) is 4.68 Å². The summed E-state index contributed by atoms with van der Waals surface area (Å²) < 4.78 is 7.51. The van der Waals surface area contributed by atoms with Gasteiger partial charge in [-0.1, -0.05) is 18.2 Å². The molecule has 1 aromatic heterocycles. The van der Waals surface area contributed by atoms with Crippen LogP contribution < -0.4 is 0 Å². The molecule has 3 rings (SSSR count). The third-order valence-electron chi connectivity index (χ3n) is 4.27. The van der Waals surface area contributed by atoms with Gasteiger partial charge >= 0.3 is 5.97 Å². The molecule has 116 valence electrons. The normalized spacial score (nSPS) is 24.9. The van der Waals surface area contributed by atoms with E-state index in [9.17, 15) is 9.90 Å². The van der Waals surface area contributed by atoms with Crippen LogP contribution in [0.2, 0.25) is 0 Å². The van der Waals surface area contributed by atoms with Gasteiger partial charge in [0.1, 0.15) is 6.10 Å². The van der Waals surface area contributed by atoms with E-state index >= 15 is 0 Å². The highest BCUT2D eigenvalue weighted by Gasteiger charge is 2.35. The van der Waals surface area contributed by atoms with Crippen molar-refractivity contribution >= 4 is 5.97 Å². The standard InChI is InChI=1S/C17H20N2O3/c1-19-15(9-10-18-19)14-8-7-13(20)11-16(14)22-17(21)12-5-3-2-4-6-12/h2-6,9-10,13-14,16,20H,7-8,11H2,1H3/t13-,14+,16-/m0/s1. The molecule has 0 spiro atoms. The van der Waals surface area contributed by atoms with Crippen LogP contribution in [0.1, 0.15) is 41.2 Å². The van der Waals surface area contributed by atoms with Crippen molar-refractivity contribution in [2.45, 2.75) is 37.4 Å². The van der Waals surface area contributed by atoms with Crippen LogP contribution in [0, 0.1) is 0 Å². The van der Waals surface area contributed by atoms with Crippen LogP contribution in [0.5, 0.6) is 0 Å². The van der Waals surface area contributed by atoms with Crippen LogP contribution >= 0.6 is 0 Å². The lowest BCUT2D eigenvalue weighted by Gasteiger charge is -2.33. The van der Waals surface area contributed by atoms with Crippen molar-refractivity contribution in [2.75, 3.05) is 0 Å². The number of aryl methyl sites for hydroxylation is 1. The Morgan fingerprint density at radius 3 is 2.73 bits per heavy atom. The summed E-state index contributed by atoms with van der Waals surface area (Å²) in [6, 6.07) is 10.9. The molecule has 2 aromatic rings. The molecule has 0 aliphatic heterocycles. The van der Waals surface area contributed by atoms with Gasteiger partial charge < -0.3 is 9.84 Å². The first-order valence-corrected chi connectivity index (χ1v) is 7.57. The van der Waals surface area contributed by atoms with Crippen molar-refractivity contribution in [3.63, 3.8) is 0 Å². The number of aliphatic hydroxyl groups excluding tert-OH is 1. The van der Waals surface area contributed by atoms with Crippen molar-refractivity contribution in [3.05, 3.63) is 53.9 Å². The Morgan fingerprint density at radius 2 is 2.05 bits per heavy atom. The molecular formula is C17H20N2O3. The zero-order valence-electron chi connectivity index (χ0n) is 12.6. The SMILES string of the molecule is Cn1nccc1[C@H]1CC[C@H](O)C[C@@H]1OC(=O)c1ccccc1. The van der Waals surface area contributed by atoms with Crippen LogP contribution in [0.3, 0.4) is 0 Å². The first kappa shape index (κ1) is 14.8. The summed E-state index contributed by atoms with van der Waals surface area (Å²) in [4.78, 5) is 12.3. The molecule has 1 aliphatic carbocycles. The summed E-state index contributed by atoms with van der Waals surface area (Å²) in [5.41, 5.74) is 1.57. The van der Waals surface area contributed by atoms with E-state index in [2.05, 4.69) is 5.10 Å². The van der Waals surface area contributed by atoms with Gasteiger partial charge in [-0.2, -0.15) is 5.10 Å². The molecule has 1 heterocycles. The Hall–Kier alpha value is -2.14. The molecule has 1 aromatic carbocycles. The highest BCUT2D eigenvalue weighted by molar-refractivity contribution is 5.89. The summed E-state index contributed by atoms with van der Waals surface area (Å²) in [5, 5.41) is 14.1. The minimum atomic E-state index is -0.418. The fraction of sp³-hybridized carbons (Fsp3) is 0.412. The molecule has 22 heavy (non-hydrogen) atoms. The fourth-order valence-electron chi connectivity index (χ4n) is 3.10. The second-order valence-corrected chi connectivity index (χ2v) is 5.76. The van der Waals surface area contributed by atoms with Gasteiger partial charge in [0.15, 0.2) is 0 Å². The van der Waals surface area contributed by atoms with E-state index in [1.165, 1.54) is 0 Å². The number of esters is 1. The minimum Gasteiger partial charge on any atom is -0.458 e. The monoisotopic (exact) mass is 300 g/mol. The second-order valence-electron chi connectivity index (χ2n) is 5.76. The highest BCUT2D eigenvalue weighted by Crippen LogP contribution is 2.35. The minimum absolute atomic E-state index is 0.0727. The molecule has 0 bridgehead atoms. The van der Waals surface area contributed by atoms with E-state index in [1.807, 2.05) is 36.0 Å². The molecule has 3 atom stereocenters. The van der Waals surface area contributed by atoms with Crippen molar-refractivity contribution < 1.29 is 14.6 Å². The van der Waals surface area contributed by atoms with Gasteiger partial charge in [0.2, 0.25) is 0 Å². The molecule has 5 nitrogen and oxygen atoms in total. The summed E-state index contributed by atoms with van der Waals surface area (Å²) in [7, 11) is 1.89. The summed E-state index contributed by atoms with van der Waals surface area (Å²) >= 11 is 0. The maximum atomic E-state index is 12.3. The molecule has 0 unspecified atom stereocenters. The molecule has 1 fully saturated rings. The molecule has 1 N–H and O–H groups in total. The summed E-state index contributed by atoms with van der Waals surface area (Å²) in [6.45, 7) is 0. The van der Waals surface area contributed by atoms with Crippen LogP contribution in [0.15, 0.2) is 42.6 Å². The highest BCUT2D eigenvalue weighted by atomic mass is 16.5. The van der Waals surface area contributed by atoms with Gasteiger partial charge in [-0.15, -0.1) is 0 Å². The quantitative estimate of drug-likeness (QED) is 0.883. The number of hydrogen-bond donors (Lipinski definition) is 1. The Bertz CT molecular complexity index is 638. The number of aromatic nitrogens is 2. The molecular weight excluding hydrogens is 280 g/mol. The summed E-state index contributed by atoms with van der Waals surface area (Å²) in [5.74, 6) is -0.268. The van der Waals surface area contributed by atoms with E-state index in [1.54, 1.807) is 18.3 Å². The average Bonchev–Trinajstić information content (AvgIpc) is 2.94. The number of rotatable bonds is 3. The smallest absolute Gasteiger partial charge is 0.338 e. The van der Waals surface area contributed by atoms with E-state index in [0.717, 1.165) is 18.5 Å². The average molecular weight is 300 g/mol. The third-order valence-corrected chi connectivity index (χ3v) is 4.27. The largest absolute Gasteiger partial charge is 0.458 e. The number of aliphatic hydroxyl groups is 1. The lowest BCUT2D eigenvalue weighted by atomic mass is 9.82. The lowest BCUT2D eigenvalue weighted by Crippen LogP contribution is -2.35. The predicted octanol–water partition coefficient (Wildman–Crippen LogP) is 2.27. The number of hydrogen-bond acceptors (Lipinski definition) is 4. The predicted molar refractivity (Wildman–Crippen MR) is 81.5 cm³/mol. The number of carbonyl (C=O) groups excluding carboxylic acids is 1. The molecule has 0 amide bonds. The summed E-state index contributed by atoms with van der Waals surface area (Å²) in [6.07, 6.45) is 2.97. The van der Waals surface area contributed by atoms with Crippen LogP contribution in [0.25, 0.3) is 0 Å². The molecule has 0 saturated heterocycles. The third kappa shape index (κ3) is 3.04. The van der Waals surface area contributed by atoms with Gasteiger partial charge in [-0.05, 0) is 31.0 Å². The topological polar surface area (TPSA) is 64.3 Å². The number of nitrogens with zero attached hydrogens (tertiary/aromatic N) is 2. The maximum Gasteiger partial charge on any atom is 0.338 e. The van der Waals surface area contributed by atoms with E-state index in [4.69, 9.17) is 4.74 Å². The van der Waals surface area contributed by atoms with Gasteiger partial charge in [0.25, 0.3) is 0 Å². The molecule has 0 radical (unpaired) electrons. The first-order valence-electron chi connectivity index (χ1n) is 7.57. The lowest BCUT2D eigenvalue weighted by molar-refractivity contribution is -0.0129. The van der Waals surface area contributed by atoms with Crippen molar-refractivity contribution in [1.29, 1.82) is 0 Å². The van der Waals surface area contributed by atoms with Gasteiger partial charge in [0.05, 0.1) is 11.7 Å². The second kappa shape index (κ2) is 6.32. The van der Waals surface area contributed by atoms with Gasteiger partial charge in [-0.25, -0.2) is 4.79 Å².